The van der Waals surface area contributed by atoms with Crippen molar-refractivity contribution >= 4 is 11.9 Å². The van der Waals surface area contributed by atoms with E-state index in [4.69, 9.17) is 47.4 Å². The van der Waals surface area contributed by atoms with E-state index in [1.807, 2.05) is 55.4 Å². The molecule has 12 heteroatoms. The van der Waals surface area contributed by atoms with E-state index in [1.165, 1.54) is 13.8 Å². The molecule has 0 amide bonds. The highest BCUT2D eigenvalue weighted by atomic mass is 16.6. The van der Waals surface area contributed by atoms with E-state index in [-0.39, 0.29) is 73.5 Å². The molecule has 9 atom stereocenters. The van der Waals surface area contributed by atoms with Gasteiger partial charge in [0, 0.05) is 13.8 Å². The highest BCUT2D eigenvalue weighted by Gasteiger charge is 2.15. The lowest BCUT2D eigenvalue weighted by Gasteiger charge is -2.23. The van der Waals surface area contributed by atoms with Crippen molar-refractivity contribution in [3.05, 3.63) is 0 Å². The van der Waals surface area contributed by atoms with E-state index in [1.54, 1.807) is 6.92 Å². The second-order valence-electron chi connectivity index (χ2n) is 11.4. The van der Waals surface area contributed by atoms with Crippen molar-refractivity contribution in [1.29, 1.82) is 0 Å². The van der Waals surface area contributed by atoms with Gasteiger partial charge in [-0.3, -0.25) is 9.59 Å². The van der Waals surface area contributed by atoms with Crippen LogP contribution in [0.4, 0.5) is 0 Å². The number of ether oxygens (including phenoxy) is 10. The highest BCUT2D eigenvalue weighted by Crippen LogP contribution is 2.06. The molecule has 0 aromatic heterocycles. The molecule has 0 aromatic carbocycles. The molecular weight excluding hydrogens is 564 g/mol. The molecule has 12 nitrogen and oxygen atoms in total. The molecule has 43 heavy (non-hydrogen) atoms. The summed E-state index contributed by atoms with van der Waals surface area (Å²) in [6.45, 7) is 23.5. The molecular formula is C31H60O12. The molecule has 0 rings (SSSR count). The van der Waals surface area contributed by atoms with Gasteiger partial charge in [0.1, 0.15) is 12.7 Å². The summed E-state index contributed by atoms with van der Waals surface area (Å²) in [5, 5.41) is 0. The minimum Gasteiger partial charge on any atom is -0.463 e. The second kappa shape index (κ2) is 24.9. The number of hydrogen-bond donors (Lipinski definition) is 0. The zero-order chi connectivity index (χ0) is 32.8. The van der Waals surface area contributed by atoms with Gasteiger partial charge in [-0.15, -0.1) is 0 Å². The first kappa shape index (κ1) is 41.6. The van der Waals surface area contributed by atoms with Crippen molar-refractivity contribution in [3.8, 4) is 0 Å². The predicted octanol–water partition coefficient (Wildman–Crippen LogP) is 3.74. The smallest absolute Gasteiger partial charge is 0.302 e. The Morgan fingerprint density at radius 2 is 0.558 bits per heavy atom. The van der Waals surface area contributed by atoms with Crippen LogP contribution in [-0.2, 0) is 57.0 Å². The molecule has 0 N–H and O–H groups in total. The lowest BCUT2D eigenvalue weighted by Crippen LogP contribution is -2.30. The molecule has 0 bridgehead atoms. The van der Waals surface area contributed by atoms with Crippen molar-refractivity contribution in [3.63, 3.8) is 0 Å². The third-order valence-corrected chi connectivity index (χ3v) is 5.81. The van der Waals surface area contributed by atoms with Gasteiger partial charge in [0.05, 0.1) is 102 Å². The lowest BCUT2D eigenvalue weighted by atomic mass is 10.3. The number of carbonyl (C=O) groups is 2. The Morgan fingerprint density at radius 1 is 0.349 bits per heavy atom. The Hall–Kier alpha value is -1.38. The Bertz CT molecular complexity index is 708. The first-order valence-electron chi connectivity index (χ1n) is 15.4. The fourth-order valence-corrected chi connectivity index (χ4v) is 3.34. The quantitative estimate of drug-likeness (QED) is 0.124. The summed E-state index contributed by atoms with van der Waals surface area (Å²) in [7, 11) is 0. The summed E-state index contributed by atoms with van der Waals surface area (Å²) in [4.78, 5) is 21.8. The van der Waals surface area contributed by atoms with Gasteiger partial charge in [-0.25, -0.2) is 0 Å². The third-order valence-electron chi connectivity index (χ3n) is 5.81. The maximum absolute atomic E-state index is 11.0. The highest BCUT2D eigenvalue weighted by molar-refractivity contribution is 5.66. The Labute approximate surface area is 259 Å². The van der Waals surface area contributed by atoms with Gasteiger partial charge in [-0.2, -0.15) is 0 Å². The molecule has 0 aromatic rings. The summed E-state index contributed by atoms with van der Waals surface area (Å²) in [6, 6.07) is 0. The van der Waals surface area contributed by atoms with Gasteiger partial charge < -0.3 is 47.4 Å². The van der Waals surface area contributed by atoms with E-state index < -0.39 is 0 Å². The summed E-state index contributed by atoms with van der Waals surface area (Å²) in [6.07, 6.45) is -1.22. The van der Waals surface area contributed by atoms with Gasteiger partial charge >= 0.3 is 11.9 Å². The third kappa shape index (κ3) is 26.7. The Balaban J connectivity index is 3.91. The zero-order valence-corrected chi connectivity index (χ0v) is 28.5. The van der Waals surface area contributed by atoms with Crippen molar-refractivity contribution in [2.75, 3.05) is 59.5 Å². The molecule has 0 heterocycles. The van der Waals surface area contributed by atoms with Crippen LogP contribution in [0, 0.1) is 0 Å². The van der Waals surface area contributed by atoms with Crippen LogP contribution in [0.2, 0.25) is 0 Å². The van der Waals surface area contributed by atoms with Crippen molar-refractivity contribution in [2.45, 2.75) is 131 Å². The number of carbonyl (C=O) groups excluding carboxylic acids is 2. The monoisotopic (exact) mass is 624 g/mol. The van der Waals surface area contributed by atoms with Gasteiger partial charge in [-0.1, -0.05) is 0 Å². The molecule has 9 unspecified atom stereocenters. The first-order valence-corrected chi connectivity index (χ1v) is 15.4. The normalized spacial score (nSPS) is 18.1. The summed E-state index contributed by atoms with van der Waals surface area (Å²) >= 11 is 0. The van der Waals surface area contributed by atoms with E-state index >= 15 is 0 Å². The van der Waals surface area contributed by atoms with Gasteiger partial charge in [0.2, 0.25) is 0 Å². The van der Waals surface area contributed by atoms with Gasteiger partial charge in [-0.05, 0) is 62.3 Å². The molecule has 0 fully saturated rings. The first-order chi connectivity index (χ1) is 20.2. The van der Waals surface area contributed by atoms with Crippen LogP contribution in [0.3, 0.4) is 0 Å². The van der Waals surface area contributed by atoms with Gasteiger partial charge in [0.25, 0.3) is 0 Å². The van der Waals surface area contributed by atoms with E-state index in [0.717, 1.165) is 0 Å². The average Bonchev–Trinajstić information content (AvgIpc) is 2.94. The van der Waals surface area contributed by atoms with Crippen LogP contribution in [-0.4, -0.2) is 126 Å². The molecule has 256 valence electrons. The number of hydrogen-bond acceptors (Lipinski definition) is 12. The van der Waals surface area contributed by atoms with Gasteiger partial charge in [0.15, 0.2) is 0 Å². The van der Waals surface area contributed by atoms with Crippen LogP contribution in [0.5, 0.6) is 0 Å². The number of rotatable bonds is 27. The minimum absolute atomic E-state index is 0.0978. The molecule has 0 aliphatic rings. The summed E-state index contributed by atoms with van der Waals surface area (Å²) < 4.78 is 56.3. The largest absolute Gasteiger partial charge is 0.463 e. The van der Waals surface area contributed by atoms with Crippen LogP contribution in [0.25, 0.3) is 0 Å². The predicted molar refractivity (Wildman–Crippen MR) is 161 cm³/mol. The fourth-order valence-electron chi connectivity index (χ4n) is 3.34. The van der Waals surface area contributed by atoms with Crippen LogP contribution < -0.4 is 0 Å². The fraction of sp³-hybridized carbons (Fsp3) is 0.935. The standard InChI is InChI=1S/C31H60O12/c1-21(35-14-23(3)37-16-25(5)39-18-27(7)41-20-29(9)43-31(11)33)12-34-22(2)13-36-24(4)15-38-26(6)17-40-28(8)19-42-30(10)32/h21-29H,12-20H2,1-11H3. The molecule has 0 aliphatic carbocycles. The molecule has 0 saturated heterocycles. The topological polar surface area (TPSA) is 126 Å². The molecule has 0 radical (unpaired) electrons. The van der Waals surface area contributed by atoms with Crippen molar-refractivity contribution in [1.82, 2.24) is 0 Å². The molecule has 0 aliphatic heterocycles. The average molecular weight is 625 g/mol. The second-order valence-corrected chi connectivity index (χ2v) is 11.4. The van der Waals surface area contributed by atoms with E-state index in [9.17, 15) is 9.59 Å². The maximum Gasteiger partial charge on any atom is 0.302 e. The molecule has 0 spiro atoms. The summed E-state index contributed by atoms with van der Waals surface area (Å²) in [5.74, 6) is -0.643. The zero-order valence-electron chi connectivity index (χ0n) is 28.5. The van der Waals surface area contributed by atoms with Crippen LogP contribution >= 0.6 is 0 Å². The van der Waals surface area contributed by atoms with E-state index in [2.05, 4.69) is 0 Å². The van der Waals surface area contributed by atoms with Crippen molar-refractivity contribution < 1.29 is 57.0 Å². The van der Waals surface area contributed by atoms with Crippen LogP contribution in [0.15, 0.2) is 0 Å². The SMILES string of the molecule is CC(=O)OCC(C)OCC(C)OCC(C)OCC(C)OCC(C)OCC(C)OCC(C)OCC(C)OCC(C)OC(C)=O. The minimum atomic E-state index is -0.321. The van der Waals surface area contributed by atoms with Crippen molar-refractivity contribution in [2.24, 2.45) is 0 Å². The lowest BCUT2D eigenvalue weighted by molar-refractivity contribution is -0.150. The Morgan fingerprint density at radius 3 is 0.767 bits per heavy atom. The Kier molecular flexibility index (Phi) is 24.1. The number of esters is 2. The molecule has 0 saturated carbocycles. The van der Waals surface area contributed by atoms with E-state index in [0.29, 0.717) is 52.9 Å². The van der Waals surface area contributed by atoms with Crippen LogP contribution in [0.1, 0.15) is 76.2 Å². The maximum atomic E-state index is 11.0. The summed E-state index contributed by atoms with van der Waals surface area (Å²) in [5.41, 5.74) is 0.